The first kappa shape index (κ1) is 20.4. The monoisotopic (exact) mass is 429 g/mol. The van der Waals surface area contributed by atoms with Crippen molar-refractivity contribution < 1.29 is 14.7 Å². The van der Waals surface area contributed by atoms with E-state index < -0.39 is 5.91 Å². The van der Waals surface area contributed by atoms with Gasteiger partial charge in [-0.15, -0.1) is 0 Å². The third-order valence-corrected chi connectivity index (χ3v) is 5.42. The molecule has 0 spiro atoms. The molecule has 0 saturated carbocycles. The van der Waals surface area contributed by atoms with Gasteiger partial charge >= 0.3 is 0 Å². The molecule has 1 fully saturated rings. The van der Waals surface area contributed by atoms with Crippen molar-refractivity contribution in [3.63, 3.8) is 0 Å². The fraction of sp³-hybridized carbons (Fsp3) is 0.0417. The molecule has 0 bridgehead atoms. The number of phenols is 1. The van der Waals surface area contributed by atoms with E-state index in [4.69, 9.17) is 0 Å². The van der Waals surface area contributed by atoms with Crippen molar-refractivity contribution in [1.82, 2.24) is 10.4 Å². The van der Waals surface area contributed by atoms with Crippen LogP contribution in [0.4, 0.5) is 5.69 Å². The van der Waals surface area contributed by atoms with Crippen molar-refractivity contribution >= 4 is 40.5 Å². The molecular weight excluding hydrogens is 410 g/mol. The fourth-order valence-electron chi connectivity index (χ4n) is 2.96. The van der Waals surface area contributed by atoms with E-state index in [1.165, 1.54) is 0 Å². The molecule has 0 aliphatic carbocycles. The van der Waals surface area contributed by atoms with Crippen LogP contribution in [-0.4, -0.2) is 27.1 Å². The maximum absolute atomic E-state index is 13.1. The number of nitrogens with one attached hydrogen (secondary N) is 1. The summed E-state index contributed by atoms with van der Waals surface area (Å²) in [5.74, 6) is -0.675. The normalized spacial score (nSPS) is 16.1. The molecule has 7 heteroatoms. The van der Waals surface area contributed by atoms with E-state index in [0.717, 1.165) is 22.3 Å². The highest BCUT2D eigenvalue weighted by Gasteiger charge is 2.35. The Kier molecular flexibility index (Phi) is 6.14. The second-order valence-electron chi connectivity index (χ2n) is 6.74. The summed E-state index contributed by atoms with van der Waals surface area (Å²) in [6.45, 7) is 0. The molecule has 1 aliphatic heterocycles. The Hall–Kier alpha value is -3.84. The Morgan fingerprint density at radius 2 is 1.61 bits per heavy atom. The van der Waals surface area contributed by atoms with Crippen LogP contribution in [0.15, 0.2) is 94.8 Å². The van der Waals surface area contributed by atoms with Crippen molar-refractivity contribution in [2.24, 2.45) is 4.99 Å². The van der Waals surface area contributed by atoms with Crippen LogP contribution in [0.5, 0.6) is 5.75 Å². The number of hydrogen-bond acceptors (Lipinski definition) is 5. The van der Waals surface area contributed by atoms with Gasteiger partial charge in [-0.05, 0) is 41.6 Å². The molecule has 3 aromatic rings. The predicted molar refractivity (Wildman–Crippen MR) is 122 cm³/mol. The molecule has 0 radical (unpaired) electrons. The average Bonchev–Trinajstić information content (AvgIpc) is 3.05. The Bertz CT molecular complexity index is 1160. The van der Waals surface area contributed by atoms with Crippen LogP contribution < -0.4 is 5.43 Å². The Balaban J connectivity index is 1.62. The van der Waals surface area contributed by atoms with Crippen LogP contribution in [0.2, 0.25) is 0 Å². The van der Waals surface area contributed by atoms with Crippen LogP contribution in [0.25, 0.3) is 6.08 Å². The summed E-state index contributed by atoms with van der Waals surface area (Å²) >= 11 is 1.14. The van der Waals surface area contributed by atoms with E-state index in [9.17, 15) is 14.7 Å². The molecule has 0 atom stereocenters. The molecule has 2 amide bonds. The Labute approximate surface area is 183 Å². The first-order chi connectivity index (χ1) is 15.1. The summed E-state index contributed by atoms with van der Waals surface area (Å²) in [5.41, 5.74) is 4.67. The zero-order valence-corrected chi connectivity index (χ0v) is 17.3. The lowest BCUT2D eigenvalue weighted by Gasteiger charge is -2.16. The number of phenolic OH excluding ortho intramolecular Hbond substituents is 1. The van der Waals surface area contributed by atoms with Crippen LogP contribution >= 0.6 is 11.8 Å². The number of hydrazine groups is 1. The van der Waals surface area contributed by atoms with Gasteiger partial charge in [0.25, 0.3) is 5.91 Å². The summed E-state index contributed by atoms with van der Waals surface area (Å²) in [6.07, 6.45) is 1.72. The van der Waals surface area contributed by atoms with E-state index in [1.807, 2.05) is 60.7 Å². The Morgan fingerprint density at radius 1 is 0.968 bits per heavy atom. The van der Waals surface area contributed by atoms with Gasteiger partial charge in [-0.1, -0.05) is 66.7 Å². The molecule has 1 aliphatic rings. The second kappa shape index (κ2) is 9.32. The maximum atomic E-state index is 13.1. The predicted octanol–water partition coefficient (Wildman–Crippen LogP) is 4.27. The molecule has 6 nitrogen and oxygen atoms in total. The number of nitrogens with zero attached hydrogens (tertiary/aromatic N) is 2. The van der Waals surface area contributed by atoms with E-state index >= 15 is 0 Å². The van der Waals surface area contributed by atoms with Crippen LogP contribution in [0.3, 0.4) is 0 Å². The van der Waals surface area contributed by atoms with E-state index in [2.05, 4.69) is 10.4 Å². The van der Waals surface area contributed by atoms with Crippen molar-refractivity contribution in [2.75, 3.05) is 0 Å². The van der Waals surface area contributed by atoms with Gasteiger partial charge < -0.3 is 5.11 Å². The highest BCUT2D eigenvalue weighted by molar-refractivity contribution is 8.18. The number of para-hydroxylation sites is 2. The van der Waals surface area contributed by atoms with Gasteiger partial charge in [-0.2, -0.15) is 5.01 Å². The zero-order chi connectivity index (χ0) is 21.6. The first-order valence-corrected chi connectivity index (χ1v) is 10.4. The molecule has 154 valence electrons. The summed E-state index contributed by atoms with van der Waals surface area (Å²) in [7, 11) is 0. The summed E-state index contributed by atoms with van der Waals surface area (Å²) in [4.78, 5) is 30.5. The lowest BCUT2D eigenvalue weighted by atomic mass is 10.1. The summed E-state index contributed by atoms with van der Waals surface area (Å²) in [5, 5.41) is 11.5. The Morgan fingerprint density at radius 3 is 2.32 bits per heavy atom. The van der Waals surface area contributed by atoms with Gasteiger partial charge in [0, 0.05) is 5.56 Å². The van der Waals surface area contributed by atoms with Crippen molar-refractivity contribution in [3.05, 3.63) is 101 Å². The number of benzene rings is 3. The fourth-order valence-corrected chi connectivity index (χ4v) is 3.89. The third-order valence-electron chi connectivity index (χ3n) is 4.45. The van der Waals surface area contributed by atoms with Gasteiger partial charge in [0.2, 0.25) is 5.91 Å². The third kappa shape index (κ3) is 5.02. The minimum atomic E-state index is -0.413. The van der Waals surface area contributed by atoms with Crippen LogP contribution in [0, 0.1) is 0 Å². The molecular formula is C24H19N3O3S. The van der Waals surface area contributed by atoms with E-state index in [-0.39, 0.29) is 18.1 Å². The molecule has 1 heterocycles. The summed E-state index contributed by atoms with van der Waals surface area (Å²) < 4.78 is 0. The van der Waals surface area contributed by atoms with Crippen molar-refractivity contribution in [3.8, 4) is 5.75 Å². The maximum Gasteiger partial charge on any atom is 0.285 e. The molecule has 1 saturated heterocycles. The molecule has 2 N–H and O–H groups in total. The number of carbonyl (C=O) groups excluding carboxylic acids is 2. The van der Waals surface area contributed by atoms with Gasteiger partial charge in [0.05, 0.1) is 17.0 Å². The molecule has 0 unspecified atom stereocenters. The molecule has 4 rings (SSSR count). The molecule has 31 heavy (non-hydrogen) atoms. The van der Waals surface area contributed by atoms with E-state index in [0.29, 0.717) is 21.3 Å². The standard InChI is InChI=1S/C24H19N3O3S/c28-20-14-8-7-11-18(20)16-21-23(30)27(24(31-21)25-19-12-5-2-6-13-19)26-22(29)15-17-9-3-1-4-10-17/h1-14,16,28H,15H2,(H,26,29)/b21-16-,25-24?. The van der Waals surface area contributed by atoms with Crippen LogP contribution in [-0.2, 0) is 16.0 Å². The molecule has 0 aromatic heterocycles. The van der Waals surface area contributed by atoms with Gasteiger partial charge in [0.1, 0.15) is 5.75 Å². The van der Waals surface area contributed by atoms with Gasteiger partial charge in [0.15, 0.2) is 5.17 Å². The number of carbonyl (C=O) groups is 2. The number of amides is 2. The number of hydrogen-bond donors (Lipinski definition) is 2. The van der Waals surface area contributed by atoms with Crippen LogP contribution in [0.1, 0.15) is 11.1 Å². The number of aromatic hydroxyl groups is 1. The van der Waals surface area contributed by atoms with Crippen molar-refractivity contribution in [2.45, 2.75) is 6.42 Å². The first-order valence-electron chi connectivity index (χ1n) is 9.59. The number of thioether (sulfide) groups is 1. The quantitative estimate of drug-likeness (QED) is 0.594. The van der Waals surface area contributed by atoms with Gasteiger partial charge in [-0.25, -0.2) is 4.99 Å². The smallest absolute Gasteiger partial charge is 0.285 e. The topological polar surface area (TPSA) is 82.0 Å². The largest absolute Gasteiger partial charge is 0.507 e. The lowest BCUT2D eigenvalue weighted by Crippen LogP contribution is -2.46. The van der Waals surface area contributed by atoms with E-state index in [1.54, 1.807) is 30.3 Å². The second-order valence-corrected chi connectivity index (χ2v) is 7.75. The zero-order valence-electron chi connectivity index (χ0n) is 16.4. The average molecular weight is 430 g/mol. The minimum Gasteiger partial charge on any atom is -0.507 e. The number of rotatable bonds is 5. The number of amidine groups is 1. The highest BCUT2D eigenvalue weighted by atomic mass is 32.2. The van der Waals surface area contributed by atoms with Gasteiger partial charge in [-0.3, -0.25) is 15.0 Å². The SMILES string of the molecule is O=C(Cc1ccccc1)NN1C(=O)/C(=C/c2ccccc2O)SC1=Nc1ccccc1. The van der Waals surface area contributed by atoms with Crippen molar-refractivity contribution in [1.29, 1.82) is 0 Å². The lowest BCUT2D eigenvalue weighted by molar-refractivity contribution is -0.132. The minimum absolute atomic E-state index is 0.0662. The molecule has 3 aromatic carbocycles. The summed E-state index contributed by atoms with van der Waals surface area (Å²) in [6, 6.07) is 25.2. The highest BCUT2D eigenvalue weighted by Crippen LogP contribution is 2.34. The number of aliphatic imine (C=N–C) groups is 1.